The van der Waals surface area contributed by atoms with E-state index >= 15 is 0 Å². The number of rotatable bonds is 38. The van der Waals surface area contributed by atoms with Gasteiger partial charge in [-0.05, 0) is 77.0 Å². The standard InChI is InChI=1S/C43H79N2O7P/c1-3-5-7-9-11-13-15-17-19-21-23-25-27-29-31-33-35-42(47)41(39-52-53(49,50)51-37-36-44)45-43(48)38-40(46)34-32-30-28-26-24-22-20-18-16-14-12-10-8-6-4-2/h12,14,17-20,25,27,33,35,40-42,46-47H,3-11,13,15-16,21-24,26,28-32,34,36-39,44H2,1-2H3,(H,45,48)(H,49,50)/b14-12-,19-17+,20-18-,27-25+,35-33+. The van der Waals surface area contributed by atoms with Crippen molar-refractivity contribution in [1.29, 1.82) is 0 Å². The van der Waals surface area contributed by atoms with Crippen LogP contribution in [0.2, 0.25) is 0 Å². The molecule has 0 aromatic rings. The number of phosphoric ester groups is 1. The molecule has 308 valence electrons. The average Bonchev–Trinajstić information content (AvgIpc) is 3.13. The molecule has 0 spiro atoms. The maximum absolute atomic E-state index is 12.8. The van der Waals surface area contributed by atoms with Crippen molar-refractivity contribution in [2.24, 2.45) is 5.73 Å². The van der Waals surface area contributed by atoms with Gasteiger partial charge in [-0.15, -0.1) is 0 Å². The molecule has 0 bridgehead atoms. The molecule has 0 rings (SSSR count). The molecule has 0 heterocycles. The van der Waals surface area contributed by atoms with Crippen LogP contribution in [0.25, 0.3) is 0 Å². The number of aliphatic hydroxyl groups excluding tert-OH is 2. The number of nitrogens with two attached hydrogens (primary N) is 1. The number of nitrogens with one attached hydrogen (secondary N) is 1. The number of phosphoric acid groups is 1. The number of aliphatic hydroxyl groups is 2. The third-order valence-corrected chi connectivity index (χ3v) is 9.83. The maximum Gasteiger partial charge on any atom is 0.472 e. The molecular formula is C43H79N2O7P. The van der Waals surface area contributed by atoms with E-state index < -0.39 is 38.6 Å². The highest BCUT2D eigenvalue weighted by atomic mass is 31.2. The second kappa shape index (κ2) is 38.4. The molecule has 53 heavy (non-hydrogen) atoms. The van der Waals surface area contributed by atoms with Crippen molar-refractivity contribution < 1.29 is 33.5 Å². The molecule has 0 fully saturated rings. The van der Waals surface area contributed by atoms with Gasteiger partial charge in [-0.3, -0.25) is 13.8 Å². The summed E-state index contributed by atoms with van der Waals surface area (Å²) in [6.07, 6.45) is 44.4. The van der Waals surface area contributed by atoms with E-state index in [9.17, 15) is 24.5 Å². The van der Waals surface area contributed by atoms with Crippen molar-refractivity contribution >= 4 is 13.7 Å². The Labute approximate surface area is 324 Å². The van der Waals surface area contributed by atoms with Gasteiger partial charge >= 0.3 is 7.82 Å². The number of carbonyl (C=O) groups is 1. The quantitative estimate of drug-likeness (QED) is 0.0237. The molecule has 6 N–H and O–H groups in total. The molecule has 9 nitrogen and oxygen atoms in total. The Balaban J connectivity index is 4.48. The maximum atomic E-state index is 12.8. The van der Waals surface area contributed by atoms with E-state index in [1.807, 2.05) is 6.08 Å². The van der Waals surface area contributed by atoms with E-state index in [0.29, 0.717) is 12.8 Å². The van der Waals surface area contributed by atoms with Crippen LogP contribution in [0.3, 0.4) is 0 Å². The molecule has 0 saturated heterocycles. The molecule has 10 heteroatoms. The van der Waals surface area contributed by atoms with Crippen LogP contribution in [0.1, 0.15) is 168 Å². The van der Waals surface area contributed by atoms with Gasteiger partial charge in [0, 0.05) is 6.54 Å². The molecule has 4 unspecified atom stereocenters. The van der Waals surface area contributed by atoms with Crippen LogP contribution in [-0.2, 0) is 18.4 Å². The fourth-order valence-electron chi connectivity index (χ4n) is 5.65. The Morgan fingerprint density at radius 2 is 1.13 bits per heavy atom. The molecule has 0 aliphatic carbocycles. The molecule has 0 radical (unpaired) electrons. The van der Waals surface area contributed by atoms with Gasteiger partial charge in [-0.2, -0.15) is 0 Å². The highest BCUT2D eigenvalue weighted by molar-refractivity contribution is 7.47. The van der Waals surface area contributed by atoms with E-state index in [4.69, 9.17) is 14.8 Å². The van der Waals surface area contributed by atoms with Gasteiger partial charge in [0.1, 0.15) is 0 Å². The zero-order valence-corrected chi connectivity index (χ0v) is 34.5. The Morgan fingerprint density at radius 3 is 1.72 bits per heavy atom. The zero-order chi connectivity index (χ0) is 39.1. The molecule has 4 atom stereocenters. The summed E-state index contributed by atoms with van der Waals surface area (Å²) in [7, 11) is -4.41. The first-order valence-corrected chi connectivity index (χ1v) is 22.5. The molecule has 0 aliphatic rings. The van der Waals surface area contributed by atoms with E-state index in [2.05, 4.69) is 67.8 Å². The van der Waals surface area contributed by atoms with Crippen molar-refractivity contribution in [3.63, 3.8) is 0 Å². The highest BCUT2D eigenvalue weighted by Gasteiger charge is 2.27. The van der Waals surface area contributed by atoms with Crippen LogP contribution in [0.5, 0.6) is 0 Å². The average molecular weight is 767 g/mol. The lowest BCUT2D eigenvalue weighted by atomic mass is 10.0. The fraction of sp³-hybridized carbons (Fsp3) is 0.744. The lowest BCUT2D eigenvalue weighted by Gasteiger charge is -2.24. The van der Waals surface area contributed by atoms with Gasteiger partial charge in [0.2, 0.25) is 5.91 Å². The Morgan fingerprint density at radius 1 is 0.660 bits per heavy atom. The lowest BCUT2D eigenvalue weighted by molar-refractivity contribution is -0.124. The van der Waals surface area contributed by atoms with E-state index in [1.165, 1.54) is 64.2 Å². The Bertz CT molecular complexity index is 1030. The molecule has 0 aromatic heterocycles. The predicted octanol–water partition coefficient (Wildman–Crippen LogP) is 10.5. The second-order valence-corrected chi connectivity index (χ2v) is 15.5. The SMILES string of the molecule is CCCCC/C=C\C/C=C\CCCCCCCC(O)CC(=O)NC(COP(=O)(O)OCCN)C(O)/C=C/CC/C=C/CC/C=C/CCCCCCCC. The summed E-state index contributed by atoms with van der Waals surface area (Å²) < 4.78 is 22.0. The summed E-state index contributed by atoms with van der Waals surface area (Å²) in [5, 5.41) is 24.0. The van der Waals surface area contributed by atoms with Gasteiger partial charge in [-0.25, -0.2) is 4.57 Å². The van der Waals surface area contributed by atoms with Crippen molar-refractivity contribution in [3.05, 3.63) is 60.8 Å². The van der Waals surface area contributed by atoms with Crippen LogP contribution in [0.15, 0.2) is 60.8 Å². The number of unbranched alkanes of at least 4 members (excludes halogenated alkanes) is 16. The monoisotopic (exact) mass is 767 g/mol. The van der Waals surface area contributed by atoms with Crippen LogP contribution in [-0.4, -0.2) is 59.0 Å². The summed E-state index contributed by atoms with van der Waals surface area (Å²) in [6, 6.07) is -1.01. The number of allylic oxidation sites excluding steroid dienone is 9. The first-order chi connectivity index (χ1) is 25.8. The fourth-order valence-corrected chi connectivity index (χ4v) is 6.41. The summed E-state index contributed by atoms with van der Waals surface area (Å²) in [5.74, 6) is -0.472. The van der Waals surface area contributed by atoms with Crippen molar-refractivity contribution in [2.75, 3.05) is 19.8 Å². The lowest BCUT2D eigenvalue weighted by Crippen LogP contribution is -2.46. The number of carbonyl (C=O) groups excluding carboxylic acids is 1. The summed E-state index contributed by atoms with van der Waals surface area (Å²) >= 11 is 0. The van der Waals surface area contributed by atoms with E-state index in [1.54, 1.807) is 6.08 Å². The largest absolute Gasteiger partial charge is 0.472 e. The Hall–Kier alpha value is -1.84. The Kier molecular flexibility index (Phi) is 37.1. The van der Waals surface area contributed by atoms with Crippen LogP contribution < -0.4 is 11.1 Å². The first kappa shape index (κ1) is 51.2. The summed E-state index contributed by atoms with van der Waals surface area (Å²) in [6.45, 7) is 3.88. The summed E-state index contributed by atoms with van der Waals surface area (Å²) in [5.41, 5.74) is 5.35. The smallest absolute Gasteiger partial charge is 0.393 e. The number of hydrogen-bond donors (Lipinski definition) is 5. The molecule has 0 aromatic carbocycles. The zero-order valence-electron chi connectivity index (χ0n) is 33.6. The molecule has 1 amide bonds. The minimum atomic E-state index is -4.41. The van der Waals surface area contributed by atoms with Crippen LogP contribution >= 0.6 is 7.82 Å². The minimum absolute atomic E-state index is 0.0381. The van der Waals surface area contributed by atoms with Crippen LogP contribution in [0, 0.1) is 0 Å². The third-order valence-electron chi connectivity index (χ3n) is 8.85. The molecule has 0 saturated carbocycles. The topological polar surface area (TPSA) is 151 Å². The van der Waals surface area contributed by atoms with Gasteiger partial charge in [0.25, 0.3) is 0 Å². The second-order valence-electron chi connectivity index (χ2n) is 14.0. The van der Waals surface area contributed by atoms with Gasteiger partial charge < -0.3 is 26.2 Å². The number of hydrogen-bond acceptors (Lipinski definition) is 7. The van der Waals surface area contributed by atoms with Gasteiger partial charge in [0.05, 0.1) is 37.9 Å². The van der Waals surface area contributed by atoms with Gasteiger partial charge in [-0.1, -0.05) is 145 Å². The van der Waals surface area contributed by atoms with E-state index in [0.717, 1.165) is 70.6 Å². The van der Waals surface area contributed by atoms with Crippen molar-refractivity contribution in [2.45, 2.75) is 186 Å². The van der Waals surface area contributed by atoms with E-state index in [-0.39, 0.29) is 19.6 Å². The predicted molar refractivity (Wildman–Crippen MR) is 223 cm³/mol. The van der Waals surface area contributed by atoms with Gasteiger partial charge in [0.15, 0.2) is 0 Å². The number of amides is 1. The highest BCUT2D eigenvalue weighted by Crippen LogP contribution is 2.43. The first-order valence-electron chi connectivity index (χ1n) is 21.0. The summed E-state index contributed by atoms with van der Waals surface area (Å²) in [4.78, 5) is 22.7. The van der Waals surface area contributed by atoms with Crippen molar-refractivity contribution in [3.8, 4) is 0 Å². The van der Waals surface area contributed by atoms with Crippen molar-refractivity contribution in [1.82, 2.24) is 5.32 Å². The normalized spacial score (nSPS) is 15.4. The molecular weight excluding hydrogens is 687 g/mol. The van der Waals surface area contributed by atoms with Crippen LogP contribution in [0.4, 0.5) is 0 Å². The third kappa shape index (κ3) is 36.9. The molecule has 0 aliphatic heterocycles. The minimum Gasteiger partial charge on any atom is -0.393 e.